The van der Waals surface area contributed by atoms with Gasteiger partial charge in [-0.1, -0.05) is 43.0 Å². The molecule has 2 aromatic heterocycles. The highest BCUT2D eigenvalue weighted by atomic mass is 16.5. The molecule has 0 unspecified atom stereocenters. The normalized spacial score (nSPS) is 10.6. The molecule has 124 valence electrons. The van der Waals surface area contributed by atoms with E-state index in [0.29, 0.717) is 11.5 Å². The van der Waals surface area contributed by atoms with Gasteiger partial charge in [0.1, 0.15) is 0 Å². The second-order valence-electron chi connectivity index (χ2n) is 5.19. The Balaban J connectivity index is 1.83. The zero-order valence-corrected chi connectivity index (χ0v) is 13.9. The quantitative estimate of drug-likeness (QED) is 0.606. The molecule has 25 heavy (non-hydrogen) atoms. The summed E-state index contributed by atoms with van der Waals surface area (Å²) in [6.45, 7) is 3.58. The van der Waals surface area contributed by atoms with E-state index in [1.807, 2.05) is 66.9 Å². The highest BCUT2D eigenvalue weighted by Gasteiger charge is 2.07. The van der Waals surface area contributed by atoms with E-state index in [0.717, 1.165) is 22.5 Å². The van der Waals surface area contributed by atoms with E-state index in [1.54, 1.807) is 13.3 Å². The summed E-state index contributed by atoms with van der Waals surface area (Å²) in [5, 5.41) is 0. The number of nitrogens with zero attached hydrogens (tertiary/aromatic N) is 2. The van der Waals surface area contributed by atoms with Crippen molar-refractivity contribution in [2.45, 2.75) is 0 Å². The first-order valence-electron chi connectivity index (χ1n) is 7.82. The number of rotatable bonds is 6. The van der Waals surface area contributed by atoms with Crippen molar-refractivity contribution in [3.8, 4) is 22.9 Å². The van der Waals surface area contributed by atoms with Crippen molar-refractivity contribution < 1.29 is 9.47 Å². The molecule has 0 radical (unpaired) electrons. The molecule has 0 N–H and O–H groups in total. The Bertz CT molecular complexity index is 872. The predicted octanol–water partition coefficient (Wildman–Crippen LogP) is 4.84. The molecule has 0 saturated heterocycles. The van der Waals surface area contributed by atoms with Crippen LogP contribution in [0.4, 0.5) is 0 Å². The van der Waals surface area contributed by atoms with Crippen LogP contribution in [0.1, 0.15) is 11.1 Å². The fourth-order valence-electron chi connectivity index (χ4n) is 2.42. The Kier molecular flexibility index (Phi) is 5.22. The number of benzene rings is 1. The maximum absolute atomic E-state index is 5.45. The fraction of sp³-hybridized carbons (Fsp3) is 0.0476. The molecule has 0 bridgehead atoms. The Hall–Kier alpha value is -3.40. The predicted molar refractivity (Wildman–Crippen MR) is 100 cm³/mol. The van der Waals surface area contributed by atoms with Crippen LogP contribution in [0.25, 0.3) is 23.5 Å². The summed E-state index contributed by atoms with van der Waals surface area (Å²) in [6, 6.07) is 15.4. The molecule has 0 amide bonds. The topological polar surface area (TPSA) is 44.2 Å². The smallest absolute Gasteiger partial charge is 0.168 e. The van der Waals surface area contributed by atoms with E-state index >= 15 is 0 Å². The summed E-state index contributed by atoms with van der Waals surface area (Å²) < 4.78 is 10.8. The number of methoxy groups -OCH3 is 1. The largest absolute Gasteiger partial charge is 0.492 e. The Morgan fingerprint density at radius 3 is 2.48 bits per heavy atom. The van der Waals surface area contributed by atoms with Gasteiger partial charge in [0, 0.05) is 18.0 Å². The van der Waals surface area contributed by atoms with Gasteiger partial charge in [0.25, 0.3) is 0 Å². The Morgan fingerprint density at radius 2 is 1.80 bits per heavy atom. The van der Waals surface area contributed by atoms with E-state index < -0.39 is 0 Å². The molecule has 4 nitrogen and oxygen atoms in total. The molecule has 0 saturated carbocycles. The van der Waals surface area contributed by atoms with Crippen LogP contribution in [0.15, 0.2) is 73.8 Å². The summed E-state index contributed by atoms with van der Waals surface area (Å²) in [6.07, 6.45) is 8.90. The zero-order valence-electron chi connectivity index (χ0n) is 13.9. The van der Waals surface area contributed by atoms with Crippen molar-refractivity contribution in [2.24, 2.45) is 0 Å². The number of hydrogen-bond acceptors (Lipinski definition) is 4. The van der Waals surface area contributed by atoms with Crippen LogP contribution >= 0.6 is 0 Å². The molecule has 0 spiro atoms. The lowest BCUT2D eigenvalue weighted by Crippen LogP contribution is -1.92. The minimum Gasteiger partial charge on any atom is -0.492 e. The lowest BCUT2D eigenvalue weighted by Gasteiger charge is -2.10. The van der Waals surface area contributed by atoms with Crippen LogP contribution in [-0.4, -0.2) is 17.1 Å². The molecular formula is C21H18N2O2. The van der Waals surface area contributed by atoms with Gasteiger partial charge in [-0.25, -0.2) is 0 Å². The average Bonchev–Trinajstić information content (AvgIpc) is 2.68. The molecule has 1 aromatic carbocycles. The first kappa shape index (κ1) is 16.5. The summed E-state index contributed by atoms with van der Waals surface area (Å²) in [7, 11) is 1.62. The molecule has 3 aromatic rings. The van der Waals surface area contributed by atoms with Crippen LogP contribution < -0.4 is 9.47 Å². The van der Waals surface area contributed by atoms with Gasteiger partial charge < -0.3 is 9.47 Å². The van der Waals surface area contributed by atoms with Gasteiger partial charge in [-0.05, 0) is 29.8 Å². The molecule has 0 atom stereocenters. The van der Waals surface area contributed by atoms with Gasteiger partial charge in [-0.2, -0.15) is 0 Å². The summed E-state index contributed by atoms with van der Waals surface area (Å²) in [4.78, 5) is 8.77. The third-order valence-electron chi connectivity index (χ3n) is 3.59. The fourth-order valence-corrected chi connectivity index (χ4v) is 2.42. The standard InChI is InChI=1S/C21H18N2O2/c1-3-25-20-9-6-7-17(21(20)24-2)12-10-16-11-13-19(23-15-16)18-8-4-5-14-22-18/h3-15H,1H2,2H3/b12-10-. The van der Waals surface area contributed by atoms with Crippen molar-refractivity contribution in [3.05, 3.63) is 84.9 Å². The van der Waals surface area contributed by atoms with Crippen LogP contribution in [0, 0.1) is 0 Å². The average molecular weight is 330 g/mol. The molecule has 4 heteroatoms. The van der Waals surface area contributed by atoms with Gasteiger partial charge in [0.15, 0.2) is 11.5 Å². The molecular weight excluding hydrogens is 312 g/mol. The summed E-state index contributed by atoms with van der Waals surface area (Å²) in [5.41, 5.74) is 3.60. The number of pyridine rings is 2. The van der Waals surface area contributed by atoms with Crippen LogP contribution in [0.2, 0.25) is 0 Å². The Labute approximate surface area is 147 Å². The number of ether oxygens (including phenoxy) is 2. The summed E-state index contributed by atoms with van der Waals surface area (Å²) >= 11 is 0. The minimum atomic E-state index is 0.628. The van der Waals surface area contributed by atoms with E-state index in [9.17, 15) is 0 Å². The third kappa shape index (κ3) is 3.93. The molecule has 0 fully saturated rings. The number of para-hydroxylation sites is 1. The highest BCUT2D eigenvalue weighted by Crippen LogP contribution is 2.32. The van der Waals surface area contributed by atoms with Crippen molar-refractivity contribution >= 4 is 12.2 Å². The van der Waals surface area contributed by atoms with Crippen molar-refractivity contribution in [1.82, 2.24) is 9.97 Å². The minimum absolute atomic E-state index is 0.628. The van der Waals surface area contributed by atoms with Gasteiger partial charge in [0.2, 0.25) is 0 Å². The molecule has 0 aliphatic rings. The van der Waals surface area contributed by atoms with Gasteiger partial charge in [0.05, 0.1) is 24.8 Å². The number of aromatic nitrogens is 2. The van der Waals surface area contributed by atoms with Crippen molar-refractivity contribution in [3.63, 3.8) is 0 Å². The second-order valence-corrected chi connectivity index (χ2v) is 5.19. The van der Waals surface area contributed by atoms with E-state index in [4.69, 9.17) is 9.47 Å². The molecule has 0 aliphatic carbocycles. The SMILES string of the molecule is C=COc1cccc(/C=C\c2ccc(-c3ccccn3)nc2)c1OC. The number of hydrogen-bond donors (Lipinski definition) is 0. The van der Waals surface area contributed by atoms with Gasteiger partial charge in [-0.15, -0.1) is 0 Å². The van der Waals surface area contributed by atoms with Crippen LogP contribution in [0.5, 0.6) is 11.5 Å². The third-order valence-corrected chi connectivity index (χ3v) is 3.59. The maximum Gasteiger partial charge on any atom is 0.168 e. The second kappa shape index (κ2) is 7.93. The lowest BCUT2D eigenvalue weighted by molar-refractivity contribution is 0.378. The maximum atomic E-state index is 5.45. The van der Waals surface area contributed by atoms with E-state index in [2.05, 4.69) is 16.5 Å². The Morgan fingerprint density at radius 1 is 0.920 bits per heavy atom. The van der Waals surface area contributed by atoms with Gasteiger partial charge in [-0.3, -0.25) is 9.97 Å². The van der Waals surface area contributed by atoms with Crippen molar-refractivity contribution in [1.29, 1.82) is 0 Å². The van der Waals surface area contributed by atoms with Crippen LogP contribution in [-0.2, 0) is 0 Å². The van der Waals surface area contributed by atoms with E-state index in [-0.39, 0.29) is 0 Å². The molecule has 0 aliphatic heterocycles. The highest BCUT2D eigenvalue weighted by molar-refractivity contribution is 5.74. The van der Waals surface area contributed by atoms with Gasteiger partial charge >= 0.3 is 0 Å². The van der Waals surface area contributed by atoms with Crippen LogP contribution in [0.3, 0.4) is 0 Å². The van der Waals surface area contributed by atoms with Crippen molar-refractivity contribution in [2.75, 3.05) is 7.11 Å². The molecule has 2 heterocycles. The first-order chi connectivity index (χ1) is 12.3. The zero-order chi connectivity index (χ0) is 17.5. The monoisotopic (exact) mass is 330 g/mol. The summed E-state index contributed by atoms with van der Waals surface area (Å²) in [5.74, 6) is 1.29. The molecule has 3 rings (SSSR count). The lowest BCUT2D eigenvalue weighted by atomic mass is 10.1. The first-order valence-corrected chi connectivity index (χ1v) is 7.82. The van der Waals surface area contributed by atoms with E-state index in [1.165, 1.54) is 6.26 Å².